The second-order valence-corrected chi connectivity index (χ2v) is 7.68. The van der Waals surface area contributed by atoms with Gasteiger partial charge in [-0.1, -0.05) is 12.1 Å². The smallest absolute Gasteiger partial charge is 0.313 e. The molecule has 0 saturated carbocycles. The highest BCUT2D eigenvalue weighted by atomic mass is 32.2. The third-order valence-electron chi connectivity index (χ3n) is 3.85. The van der Waals surface area contributed by atoms with Gasteiger partial charge in [-0.3, -0.25) is 4.79 Å². The van der Waals surface area contributed by atoms with E-state index in [0.717, 1.165) is 0 Å². The highest BCUT2D eigenvalue weighted by molar-refractivity contribution is 7.90. The van der Waals surface area contributed by atoms with Crippen molar-refractivity contribution in [2.24, 2.45) is 5.41 Å². The van der Waals surface area contributed by atoms with Gasteiger partial charge in [-0.25, -0.2) is 8.42 Å². The van der Waals surface area contributed by atoms with E-state index in [2.05, 4.69) is 0 Å². The molecule has 1 aliphatic rings. The zero-order chi connectivity index (χ0) is 15.7. The van der Waals surface area contributed by atoms with E-state index in [9.17, 15) is 13.2 Å². The second kappa shape index (κ2) is 5.67. The van der Waals surface area contributed by atoms with Crippen molar-refractivity contribution in [1.82, 2.24) is 0 Å². The summed E-state index contributed by atoms with van der Waals surface area (Å²) < 4.78 is 28.9. The van der Waals surface area contributed by atoms with Crippen LogP contribution in [-0.2, 0) is 19.4 Å². The Kier molecular flexibility index (Phi) is 4.27. The highest BCUT2D eigenvalue weighted by Gasteiger charge is 2.42. The fourth-order valence-corrected chi connectivity index (χ4v) is 3.57. The predicted molar refractivity (Wildman–Crippen MR) is 81.1 cm³/mol. The maximum absolute atomic E-state index is 12.1. The van der Waals surface area contributed by atoms with Crippen LogP contribution in [0, 0.1) is 5.41 Å². The highest BCUT2D eigenvalue weighted by Crippen LogP contribution is 2.36. The Morgan fingerprint density at radius 3 is 2.67 bits per heavy atom. The summed E-state index contributed by atoms with van der Waals surface area (Å²) in [7, 11) is -3.30. The monoisotopic (exact) mass is 311 g/mol. The van der Waals surface area contributed by atoms with Gasteiger partial charge in [0, 0.05) is 19.3 Å². The van der Waals surface area contributed by atoms with Crippen molar-refractivity contribution in [3.8, 4) is 0 Å². The van der Waals surface area contributed by atoms with Crippen molar-refractivity contribution >= 4 is 21.5 Å². The average Bonchev–Trinajstić information content (AvgIpc) is 2.82. The summed E-state index contributed by atoms with van der Waals surface area (Å²) in [5, 5.41) is 0. The van der Waals surface area contributed by atoms with E-state index in [-0.39, 0.29) is 5.97 Å². The lowest BCUT2D eigenvalue weighted by Crippen LogP contribution is -2.33. The molecule has 1 aromatic rings. The molecule has 2 rings (SSSR count). The van der Waals surface area contributed by atoms with Crippen molar-refractivity contribution in [3.63, 3.8) is 0 Å². The predicted octanol–water partition coefficient (Wildman–Crippen LogP) is 1.87. The molecule has 1 aliphatic heterocycles. The minimum absolute atomic E-state index is 0.218. The third-order valence-corrected chi connectivity index (χ3v) is 4.99. The van der Waals surface area contributed by atoms with Crippen LogP contribution in [0.2, 0.25) is 0 Å². The Morgan fingerprint density at radius 2 is 2.05 bits per heavy atom. The fourth-order valence-electron chi connectivity index (χ4n) is 2.67. The Bertz CT molecular complexity index is 641. The Morgan fingerprint density at radius 1 is 1.38 bits per heavy atom. The number of sulfone groups is 1. The zero-order valence-electron chi connectivity index (χ0n) is 12.6. The van der Waals surface area contributed by atoms with Crippen LogP contribution < -0.4 is 4.90 Å². The quantitative estimate of drug-likeness (QED) is 0.794. The van der Waals surface area contributed by atoms with Crippen molar-refractivity contribution < 1.29 is 17.9 Å². The number of rotatable bonds is 4. The molecule has 0 N–H and O–H groups in total. The number of hydrogen-bond acceptors (Lipinski definition) is 5. The maximum atomic E-state index is 12.1. The molecule has 1 unspecified atom stereocenters. The molecule has 116 valence electrons. The number of esters is 1. The molecule has 21 heavy (non-hydrogen) atoms. The number of nitrogens with zero attached hydrogens (tertiary/aromatic N) is 1. The Labute approximate surface area is 125 Å². The molecule has 0 aromatic heterocycles. The summed E-state index contributed by atoms with van der Waals surface area (Å²) in [6.07, 6.45) is 1.86. The number of carbonyl (C=O) groups excluding carboxylic acids is 1. The van der Waals surface area contributed by atoms with Gasteiger partial charge in [0.05, 0.1) is 22.6 Å². The van der Waals surface area contributed by atoms with Crippen molar-refractivity contribution in [1.29, 1.82) is 0 Å². The summed E-state index contributed by atoms with van der Waals surface area (Å²) >= 11 is 0. The molecule has 0 radical (unpaired) electrons. The Balaban J connectivity index is 2.29. The molecule has 0 amide bonds. The van der Waals surface area contributed by atoms with Crippen LogP contribution in [0.5, 0.6) is 0 Å². The number of ether oxygens (including phenoxy) is 1. The van der Waals surface area contributed by atoms with E-state index in [1.807, 2.05) is 17.9 Å². The number of anilines is 1. The van der Waals surface area contributed by atoms with Gasteiger partial charge in [0.25, 0.3) is 0 Å². The minimum atomic E-state index is -3.30. The first kappa shape index (κ1) is 15.8. The molecule has 1 atom stereocenters. The van der Waals surface area contributed by atoms with E-state index in [1.54, 1.807) is 25.1 Å². The van der Waals surface area contributed by atoms with Gasteiger partial charge in [-0.15, -0.1) is 0 Å². The van der Waals surface area contributed by atoms with Crippen LogP contribution in [0.25, 0.3) is 0 Å². The first-order valence-electron chi connectivity index (χ1n) is 6.99. The molecule has 6 heteroatoms. The molecule has 1 heterocycles. The lowest BCUT2D eigenvalue weighted by molar-refractivity contribution is -0.153. The van der Waals surface area contributed by atoms with Gasteiger partial charge in [0.15, 0.2) is 9.84 Å². The maximum Gasteiger partial charge on any atom is 0.313 e. The molecule has 1 aromatic carbocycles. The van der Waals surface area contributed by atoms with Crippen LogP contribution in [-0.4, -0.2) is 40.3 Å². The lowest BCUT2D eigenvalue weighted by Gasteiger charge is -2.24. The number of para-hydroxylation sites is 1. The normalized spacial score (nSPS) is 22.3. The summed E-state index contributed by atoms with van der Waals surface area (Å²) in [6.45, 7) is 5.12. The third kappa shape index (κ3) is 3.20. The molecule has 1 saturated heterocycles. The lowest BCUT2D eigenvalue weighted by atomic mass is 9.90. The van der Waals surface area contributed by atoms with E-state index < -0.39 is 15.3 Å². The first-order chi connectivity index (χ1) is 9.78. The topological polar surface area (TPSA) is 63.7 Å². The van der Waals surface area contributed by atoms with Crippen LogP contribution in [0.1, 0.15) is 20.3 Å². The van der Waals surface area contributed by atoms with Crippen LogP contribution >= 0.6 is 0 Å². The minimum Gasteiger partial charge on any atom is -0.466 e. The van der Waals surface area contributed by atoms with Crippen LogP contribution in [0.4, 0.5) is 5.69 Å². The summed E-state index contributed by atoms with van der Waals surface area (Å²) in [4.78, 5) is 14.3. The van der Waals surface area contributed by atoms with Crippen LogP contribution in [0.3, 0.4) is 0 Å². The van der Waals surface area contributed by atoms with Gasteiger partial charge >= 0.3 is 5.97 Å². The summed E-state index contributed by atoms with van der Waals surface area (Å²) in [5.74, 6) is -0.218. The Hall–Kier alpha value is -1.56. The largest absolute Gasteiger partial charge is 0.466 e. The number of hydrogen-bond donors (Lipinski definition) is 0. The van der Waals surface area contributed by atoms with Crippen molar-refractivity contribution in [2.75, 3.05) is 30.9 Å². The van der Waals surface area contributed by atoms with Gasteiger partial charge in [-0.05, 0) is 32.4 Å². The van der Waals surface area contributed by atoms with Gasteiger partial charge < -0.3 is 9.64 Å². The molecule has 5 nitrogen and oxygen atoms in total. The van der Waals surface area contributed by atoms with E-state index in [0.29, 0.717) is 36.7 Å². The van der Waals surface area contributed by atoms with Gasteiger partial charge in [0.2, 0.25) is 0 Å². The van der Waals surface area contributed by atoms with Crippen molar-refractivity contribution in [2.45, 2.75) is 25.2 Å². The molecule has 0 bridgehead atoms. The molecular weight excluding hydrogens is 290 g/mol. The van der Waals surface area contributed by atoms with Gasteiger partial charge in [-0.2, -0.15) is 0 Å². The number of benzene rings is 1. The standard InChI is InChI=1S/C15H21NO4S/c1-4-20-14(17)15(2)9-10-16(11-15)12-7-5-6-8-13(12)21(3,18)19/h5-8H,4,9-11H2,1-3H3. The SMILES string of the molecule is CCOC(=O)C1(C)CCN(c2ccccc2S(C)(=O)=O)C1. The first-order valence-corrected chi connectivity index (χ1v) is 8.88. The fraction of sp³-hybridized carbons (Fsp3) is 0.533. The number of carbonyl (C=O) groups is 1. The van der Waals surface area contributed by atoms with E-state index in [1.165, 1.54) is 6.26 Å². The van der Waals surface area contributed by atoms with E-state index >= 15 is 0 Å². The van der Waals surface area contributed by atoms with E-state index in [4.69, 9.17) is 4.74 Å². The zero-order valence-corrected chi connectivity index (χ0v) is 13.4. The molecule has 0 aliphatic carbocycles. The molecule has 0 spiro atoms. The molecule has 1 fully saturated rings. The summed E-state index contributed by atoms with van der Waals surface area (Å²) in [5.41, 5.74) is 0.0775. The van der Waals surface area contributed by atoms with Crippen LogP contribution in [0.15, 0.2) is 29.2 Å². The van der Waals surface area contributed by atoms with Gasteiger partial charge in [0.1, 0.15) is 0 Å². The second-order valence-electron chi connectivity index (χ2n) is 5.69. The average molecular weight is 311 g/mol. The summed E-state index contributed by atoms with van der Waals surface area (Å²) in [6, 6.07) is 6.91. The molecular formula is C15H21NO4S. The van der Waals surface area contributed by atoms with Crippen molar-refractivity contribution in [3.05, 3.63) is 24.3 Å².